The molecule has 0 aliphatic carbocycles. The molecule has 7 nitrogen and oxygen atoms in total. The number of nitrogens with one attached hydrogen (secondary N) is 1. The molecule has 7 heteroatoms. The molecule has 0 fully saturated rings. The van der Waals surface area contributed by atoms with Gasteiger partial charge in [-0.3, -0.25) is 9.59 Å². The summed E-state index contributed by atoms with van der Waals surface area (Å²) in [6.45, 7) is -0.0815. The highest BCUT2D eigenvalue weighted by Gasteiger charge is 2.11. The number of hydrogen-bond acceptors (Lipinski definition) is 5. The van der Waals surface area contributed by atoms with E-state index in [0.717, 1.165) is 5.56 Å². The van der Waals surface area contributed by atoms with E-state index in [4.69, 9.17) is 14.2 Å². The molecule has 2 amide bonds. The fourth-order valence-corrected chi connectivity index (χ4v) is 2.42. The molecule has 0 unspecified atom stereocenters. The van der Waals surface area contributed by atoms with E-state index >= 15 is 0 Å². The maximum atomic E-state index is 12.3. The molecule has 0 aliphatic heterocycles. The third-order valence-electron chi connectivity index (χ3n) is 3.90. The third kappa shape index (κ3) is 6.05. The van der Waals surface area contributed by atoms with Crippen molar-refractivity contribution < 1.29 is 23.8 Å². The van der Waals surface area contributed by atoms with Gasteiger partial charge in [0.15, 0.2) is 0 Å². The Kier molecular flexibility index (Phi) is 7.45. The second kappa shape index (κ2) is 10.0. The Morgan fingerprint density at radius 1 is 0.964 bits per heavy atom. The van der Waals surface area contributed by atoms with Crippen molar-refractivity contribution in [1.29, 1.82) is 0 Å². The highest BCUT2D eigenvalue weighted by molar-refractivity contribution is 5.98. The van der Waals surface area contributed by atoms with Crippen LogP contribution in [0.15, 0.2) is 48.5 Å². The first kappa shape index (κ1) is 20.8. The first-order valence-electron chi connectivity index (χ1n) is 8.55. The second-order valence-electron chi connectivity index (χ2n) is 5.95. The van der Waals surface area contributed by atoms with Gasteiger partial charge in [0.1, 0.15) is 17.2 Å². The van der Waals surface area contributed by atoms with Crippen molar-refractivity contribution in [3.63, 3.8) is 0 Å². The van der Waals surface area contributed by atoms with Gasteiger partial charge in [0.25, 0.3) is 0 Å². The zero-order valence-corrected chi connectivity index (χ0v) is 16.4. The molecule has 0 aliphatic rings. The molecule has 2 rings (SSSR count). The van der Waals surface area contributed by atoms with Crippen molar-refractivity contribution in [1.82, 2.24) is 4.90 Å². The second-order valence-corrected chi connectivity index (χ2v) is 5.95. The van der Waals surface area contributed by atoms with Gasteiger partial charge in [-0.2, -0.15) is 0 Å². The molecule has 0 atom stereocenters. The minimum atomic E-state index is -0.305. The number of anilines is 1. The van der Waals surface area contributed by atoms with E-state index in [2.05, 4.69) is 5.32 Å². The zero-order chi connectivity index (χ0) is 20.5. The van der Waals surface area contributed by atoms with E-state index in [9.17, 15) is 9.59 Å². The average Bonchev–Trinajstić information content (AvgIpc) is 2.71. The summed E-state index contributed by atoms with van der Waals surface area (Å²) >= 11 is 0. The van der Waals surface area contributed by atoms with Crippen LogP contribution in [0.25, 0.3) is 6.08 Å². The van der Waals surface area contributed by atoms with E-state index in [0.29, 0.717) is 22.9 Å². The van der Waals surface area contributed by atoms with E-state index in [-0.39, 0.29) is 18.4 Å². The van der Waals surface area contributed by atoms with Gasteiger partial charge in [0.05, 0.1) is 27.9 Å². The third-order valence-corrected chi connectivity index (χ3v) is 3.90. The molecule has 28 heavy (non-hydrogen) atoms. The first-order chi connectivity index (χ1) is 13.4. The quantitative estimate of drug-likeness (QED) is 0.708. The summed E-state index contributed by atoms with van der Waals surface area (Å²) in [6, 6.07) is 12.3. The number of likely N-dealkylation sites (N-methyl/N-ethyl adjacent to an activating group) is 1. The van der Waals surface area contributed by atoms with Crippen LogP contribution in [0.4, 0.5) is 5.69 Å². The number of amides is 2. The summed E-state index contributed by atoms with van der Waals surface area (Å²) < 4.78 is 15.5. The lowest BCUT2D eigenvalue weighted by molar-refractivity contribution is -0.129. The van der Waals surface area contributed by atoms with Crippen molar-refractivity contribution in [2.45, 2.75) is 0 Å². The highest BCUT2D eigenvalue weighted by atomic mass is 16.5. The molecule has 0 saturated heterocycles. The molecule has 0 aromatic heterocycles. The van der Waals surface area contributed by atoms with Crippen molar-refractivity contribution in [2.75, 3.05) is 40.2 Å². The molecule has 2 aromatic carbocycles. The van der Waals surface area contributed by atoms with Crippen LogP contribution in [-0.2, 0) is 9.59 Å². The molecule has 1 N–H and O–H groups in total. The van der Waals surface area contributed by atoms with Gasteiger partial charge in [0.2, 0.25) is 11.8 Å². The summed E-state index contributed by atoms with van der Waals surface area (Å²) in [7, 11) is 6.23. The molecule has 0 saturated carbocycles. The number of carbonyl (C=O) groups is 2. The number of benzene rings is 2. The van der Waals surface area contributed by atoms with E-state index < -0.39 is 0 Å². The minimum Gasteiger partial charge on any atom is -0.497 e. The monoisotopic (exact) mass is 384 g/mol. The number of ether oxygens (including phenoxy) is 3. The smallest absolute Gasteiger partial charge is 0.246 e. The number of nitrogens with zero attached hydrogens (tertiary/aromatic N) is 1. The Bertz CT molecular complexity index is 841. The van der Waals surface area contributed by atoms with Gasteiger partial charge >= 0.3 is 0 Å². The standard InChI is InChI=1S/C21H24N2O5/c1-23(14-20(24)22-16-6-5-7-17(12-16)26-2)21(25)9-8-15-10-18(27-3)13-19(11-15)28-4/h5-13H,14H2,1-4H3,(H,22,24)/b9-8+. The lowest BCUT2D eigenvalue weighted by Gasteiger charge is -2.15. The summed E-state index contributed by atoms with van der Waals surface area (Å²) in [5, 5.41) is 2.74. The Morgan fingerprint density at radius 3 is 2.21 bits per heavy atom. The van der Waals surface area contributed by atoms with Crippen LogP contribution in [0.3, 0.4) is 0 Å². The fraction of sp³-hybridized carbons (Fsp3) is 0.238. The number of rotatable bonds is 8. The number of methoxy groups -OCH3 is 3. The lowest BCUT2D eigenvalue weighted by Crippen LogP contribution is -2.33. The molecule has 2 aromatic rings. The first-order valence-corrected chi connectivity index (χ1v) is 8.55. The van der Waals surface area contributed by atoms with Crippen LogP contribution in [0.5, 0.6) is 17.2 Å². The van der Waals surface area contributed by atoms with Gasteiger partial charge < -0.3 is 24.4 Å². The normalized spacial score (nSPS) is 10.4. The Hall–Kier alpha value is -3.48. The van der Waals surface area contributed by atoms with Gasteiger partial charge in [-0.1, -0.05) is 6.07 Å². The molecular formula is C21H24N2O5. The van der Waals surface area contributed by atoms with Crippen LogP contribution in [0, 0.1) is 0 Å². The van der Waals surface area contributed by atoms with Crippen LogP contribution < -0.4 is 19.5 Å². The summed E-state index contributed by atoms with van der Waals surface area (Å²) in [5.74, 6) is 1.27. The van der Waals surface area contributed by atoms with Crippen molar-refractivity contribution >= 4 is 23.6 Å². The van der Waals surface area contributed by atoms with E-state index in [1.54, 1.807) is 76.9 Å². The van der Waals surface area contributed by atoms with Crippen molar-refractivity contribution in [3.8, 4) is 17.2 Å². The zero-order valence-electron chi connectivity index (χ0n) is 16.4. The Labute approximate surface area is 164 Å². The van der Waals surface area contributed by atoms with Gasteiger partial charge in [-0.15, -0.1) is 0 Å². The average molecular weight is 384 g/mol. The molecule has 0 radical (unpaired) electrons. The molecule has 0 spiro atoms. The maximum Gasteiger partial charge on any atom is 0.246 e. The molecular weight excluding hydrogens is 360 g/mol. The van der Waals surface area contributed by atoms with Crippen LogP contribution in [0.2, 0.25) is 0 Å². The topological polar surface area (TPSA) is 77.1 Å². The lowest BCUT2D eigenvalue weighted by atomic mass is 10.2. The van der Waals surface area contributed by atoms with Crippen LogP contribution >= 0.6 is 0 Å². The molecule has 0 heterocycles. The fourth-order valence-electron chi connectivity index (χ4n) is 2.42. The Morgan fingerprint density at radius 2 is 1.61 bits per heavy atom. The van der Waals surface area contributed by atoms with Gasteiger partial charge in [-0.05, 0) is 35.9 Å². The number of carbonyl (C=O) groups excluding carboxylic acids is 2. The number of hydrogen-bond donors (Lipinski definition) is 1. The van der Waals surface area contributed by atoms with Crippen LogP contribution in [-0.4, -0.2) is 51.6 Å². The highest BCUT2D eigenvalue weighted by Crippen LogP contribution is 2.23. The van der Waals surface area contributed by atoms with Crippen molar-refractivity contribution in [3.05, 3.63) is 54.1 Å². The van der Waals surface area contributed by atoms with E-state index in [1.807, 2.05) is 0 Å². The summed E-state index contributed by atoms with van der Waals surface area (Å²) in [5.41, 5.74) is 1.35. The van der Waals surface area contributed by atoms with Crippen LogP contribution in [0.1, 0.15) is 5.56 Å². The van der Waals surface area contributed by atoms with Gasteiger partial charge in [0, 0.05) is 30.9 Å². The Balaban J connectivity index is 1.96. The SMILES string of the molecule is COc1cccc(NC(=O)CN(C)C(=O)/C=C/c2cc(OC)cc(OC)c2)c1. The van der Waals surface area contributed by atoms with E-state index in [1.165, 1.54) is 11.0 Å². The minimum absolute atomic E-state index is 0.0815. The molecule has 0 bridgehead atoms. The predicted octanol–water partition coefficient (Wildman–Crippen LogP) is 2.82. The largest absolute Gasteiger partial charge is 0.497 e. The van der Waals surface area contributed by atoms with Crippen molar-refractivity contribution in [2.24, 2.45) is 0 Å². The van der Waals surface area contributed by atoms with Gasteiger partial charge in [-0.25, -0.2) is 0 Å². The predicted molar refractivity (Wildman–Crippen MR) is 108 cm³/mol. The summed E-state index contributed by atoms with van der Waals surface area (Å²) in [4.78, 5) is 25.8. The maximum absolute atomic E-state index is 12.3. The molecule has 148 valence electrons. The summed E-state index contributed by atoms with van der Waals surface area (Å²) in [6.07, 6.45) is 3.04.